The van der Waals surface area contributed by atoms with Gasteiger partial charge in [0.05, 0.1) is 4.87 Å². The van der Waals surface area contributed by atoms with Crippen molar-refractivity contribution in [3.05, 3.63) is 0 Å². The topological polar surface area (TPSA) is 3.24 Å². The van der Waals surface area contributed by atoms with Crippen molar-refractivity contribution >= 4 is 11.6 Å². The highest BCUT2D eigenvalue weighted by atomic mass is 35.5. The molecule has 0 aromatic carbocycles. The molecule has 0 bridgehead atoms. The van der Waals surface area contributed by atoms with Crippen LogP contribution in [0.25, 0.3) is 0 Å². The van der Waals surface area contributed by atoms with Gasteiger partial charge in [-0.1, -0.05) is 20.8 Å². The first-order chi connectivity index (χ1) is 5.10. The Labute approximate surface area is 82.1 Å². The second kappa shape index (κ2) is 3.97. The normalized spacial score (nSPS) is 14.0. The maximum atomic E-state index is 6.12. The first-order valence-electron chi connectivity index (χ1n) is 4.48. The van der Waals surface area contributed by atoms with E-state index >= 15 is 0 Å². The third-order valence-corrected chi connectivity index (χ3v) is 1.51. The van der Waals surface area contributed by atoms with Crippen LogP contribution in [-0.4, -0.2) is 29.9 Å². The van der Waals surface area contributed by atoms with Crippen molar-refractivity contribution in [3.63, 3.8) is 0 Å². The van der Waals surface area contributed by atoms with E-state index in [1.807, 2.05) is 13.8 Å². The summed E-state index contributed by atoms with van der Waals surface area (Å²) in [6, 6.07) is 0. The molecule has 0 unspecified atom stereocenters. The Morgan fingerprint density at radius 3 is 1.67 bits per heavy atom. The summed E-state index contributed by atoms with van der Waals surface area (Å²) in [5.41, 5.74) is 0.358. The van der Waals surface area contributed by atoms with E-state index in [-0.39, 0.29) is 4.87 Å². The molecule has 0 aliphatic carbocycles. The number of nitrogens with zero attached hydrogens (tertiary/aromatic N) is 1. The van der Waals surface area contributed by atoms with Crippen LogP contribution in [0.5, 0.6) is 0 Å². The summed E-state index contributed by atoms with van der Waals surface area (Å²) >= 11 is 6.12. The van der Waals surface area contributed by atoms with Gasteiger partial charge in [0, 0.05) is 13.1 Å². The fraction of sp³-hybridized carbons (Fsp3) is 1.00. The van der Waals surface area contributed by atoms with E-state index in [0.717, 1.165) is 13.1 Å². The lowest BCUT2D eigenvalue weighted by Crippen LogP contribution is -2.37. The van der Waals surface area contributed by atoms with Gasteiger partial charge in [-0.2, -0.15) is 0 Å². The van der Waals surface area contributed by atoms with Gasteiger partial charge in [0.1, 0.15) is 0 Å². The van der Waals surface area contributed by atoms with Gasteiger partial charge in [0.15, 0.2) is 0 Å². The first-order valence-corrected chi connectivity index (χ1v) is 4.85. The monoisotopic (exact) mass is 191 g/mol. The standard InChI is InChI=1S/C10H22ClN/c1-9(2,3)7-12(6)8-10(4,5)11/h7-8H2,1-6H3. The predicted molar refractivity (Wildman–Crippen MR) is 56.9 cm³/mol. The van der Waals surface area contributed by atoms with Gasteiger partial charge in [-0.05, 0) is 26.3 Å². The molecule has 0 saturated heterocycles. The molecule has 0 aromatic heterocycles. The Balaban J connectivity index is 3.83. The maximum Gasteiger partial charge on any atom is 0.0517 e. The van der Waals surface area contributed by atoms with E-state index in [1.54, 1.807) is 0 Å². The molecule has 0 rings (SSSR count). The second-order valence-corrected chi connectivity index (χ2v) is 6.47. The van der Waals surface area contributed by atoms with Crippen LogP contribution in [-0.2, 0) is 0 Å². The Hall–Kier alpha value is 0.250. The van der Waals surface area contributed by atoms with Crippen LogP contribution in [0, 0.1) is 5.41 Å². The first kappa shape index (κ1) is 12.2. The molecule has 2 heteroatoms. The Kier molecular flexibility index (Phi) is 4.05. The molecule has 1 nitrogen and oxygen atoms in total. The number of halogens is 1. The smallest absolute Gasteiger partial charge is 0.0517 e. The largest absolute Gasteiger partial charge is 0.304 e. The minimum Gasteiger partial charge on any atom is -0.304 e. The highest BCUT2D eigenvalue weighted by Gasteiger charge is 2.19. The SMILES string of the molecule is CN(CC(C)(C)C)CC(C)(C)Cl. The molecule has 0 aromatic rings. The maximum absolute atomic E-state index is 6.12. The van der Waals surface area contributed by atoms with Crippen molar-refractivity contribution in [1.82, 2.24) is 4.90 Å². The second-order valence-electron chi connectivity index (χ2n) is 5.45. The fourth-order valence-electron chi connectivity index (χ4n) is 1.51. The van der Waals surface area contributed by atoms with Crippen molar-refractivity contribution in [1.29, 1.82) is 0 Å². The molecule has 0 radical (unpaired) electrons. The minimum atomic E-state index is -0.111. The number of hydrogen-bond donors (Lipinski definition) is 0. The van der Waals surface area contributed by atoms with Gasteiger partial charge in [-0.3, -0.25) is 0 Å². The Morgan fingerprint density at radius 1 is 1.00 bits per heavy atom. The molecular weight excluding hydrogens is 170 g/mol. The third kappa shape index (κ3) is 8.35. The average Bonchev–Trinajstić information content (AvgIpc) is 1.49. The van der Waals surface area contributed by atoms with Crippen LogP contribution in [0.2, 0.25) is 0 Å². The molecule has 0 saturated carbocycles. The van der Waals surface area contributed by atoms with Gasteiger partial charge >= 0.3 is 0 Å². The zero-order chi connectivity index (χ0) is 9.99. The molecule has 12 heavy (non-hydrogen) atoms. The summed E-state index contributed by atoms with van der Waals surface area (Å²) in [7, 11) is 2.12. The summed E-state index contributed by atoms with van der Waals surface area (Å²) in [4.78, 5) is 2.17. The molecule has 0 N–H and O–H groups in total. The van der Waals surface area contributed by atoms with Crippen molar-refractivity contribution in [2.24, 2.45) is 5.41 Å². The number of rotatable bonds is 3. The highest BCUT2D eigenvalue weighted by Crippen LogP contribution is 2.18. The summed E-state index contributed by atoms with van der Waals surface area (Å²) in [5.74, 6) is 0. The van der Waals surface area contributed by atoms with Gasteiger partial charge in [0.25, 0.3) is 0 Å². The Bertz CT molecular complexity index is 114. The van der Waals surface area contributed by atoms with Crippen LogP contribution in [0.15, 0.2) is 0 Å². The van der Waals surface area contributed by atoms with E-state index in [4.69, 9.17) is 11.6 Å². The quantitative estimate of drug-likeness (QED) is 0.620. The predicted octanol–water partition coefficient (Wildman–Crippen LogP) is 2.98. The summed E-state index contributed by atoms with van der Waals surface area (Å²) in [6.45, 7) is 12.8. The van der Waals surface area contributed by atoms with E-state index in [2.05, 4.69) is 32.7 Å². The van der Waals surface area contributed by atoms with Gasteiger partial charge in [-0.15, -0.1) is 11.6 Å². The summed E-state index contributed by atoms with van der Waals surface area (Å²) in [5, 5.41) is 0. The summed E-state index contributed by atoms with van der Waals surface area (Å²) in [6.07, 6.45) is 0. The lowest BCUT2D eigenvalue weighted by molar-refractivity contribution is 0.214. The zero-order valence-corrected chi connectivity index (χ0v) is 10.00. The molecule has 0 aliphatic heterocycles. The van der Waals surface area contributed by atoms with Gasteiger partial charge in [-0.25, -0.2) is 0 Å². The van der Waals surface area contributed by atoms with Crippen molar-refractivity contribution < 1.29 is 0 Å². The van der Waals surface area contributed by atoms with Crippen LogP contribution >= 0.6 is 11.6 Å². The lowest BCUT2D eigenvalue weighted by Gasteiger charge is -2.30. The molecule has 74 valence electrons. The van der Waals surface area contributed by atoms with E-state index < -0.39 is 0 Å². The number of alkyl halides is 1. The average molecular weight is 192 g/mol. The molecule has 0 amide bonds. The third-order valence-electron chi connectivity index (χ3n) is 1.39. The van der Waals surface area contributed by atoms with Crippen LogP contribution < -0.4 is 0 Å². The zero-order valence-electron chi connectivity index (χ0n) is 9.24. The van der Waals surface area contributed by atoms with E-state index in [1.165, 1.54) is 0 Å². The van der Waals surface area contributed by atoms with Crippen LogP contribution in [0.4, 0.5) is 0 Å². The molecule has 0 heterocycles. The lowest BCUT2D eigenvalue weighted by atomic mass is 9.96. The molecule has 0 spiro atoms. The van der Waals surface area contributed by atoms with Gasteiger partial charge in [0.2, 0.25) is 0 Å². The van der Waals surface area contributed by atoms with Crippen molar-refractivity contribution in [2.75, 3.05) is 20.1 Å². The molecular formula is C10H22ClN. The van der Waals surface area contributed by atoms with E-state index in [0.29, 0.717) is 5.41 Å². The summed E-state index contributed by atoms with van der Waals surface area (Å²) < 4.78 is 0. The molecule has 0 atom stereocenters. The number of hydrogen-bond acceptors (Lipinski definition) is 1. The van der Waals surface area contributed by atoms with Crippen LogP contribution in [0.1, 0.15) is 34.6 Å². The van der Waals surface area contributed by atoms with Crippen molar-refractivity contribution in [3.8, 4) is 0 Å². The molecule has 0 aliphatic rings. The van der Waals surface area contributed by atoms with Crippen LogP contribution in [0.3, 0.4) is 0 Å². The minimum absolute atomic E-state index is 0.111. The van der Waals surface area contributed by atoms with Crippen molar-refractivity contribution in [2.45, 2.75) is 39.5 Å². The Morgan fingerprint density at radius 2 is 1.42 bits per heavy atom. The van der Waals surface area contributed by atoms with Gasteiger partial charge < -0.3 is 4.90 Å². The van der Waals surface area contributed by atoms with E-state index in [9.17, 15) is 0 Å². The highest BCUT2D eigenvalue weighted by molar-refractivity contribution is 6.23. The molecule has 0 fully saturated rings. The fourth-order valence-corrected chi connectivity index (χ4v) is 1.71.